The predicted molar refractivity (Wildman–Crippen MR) is 60.8 cm³/mol. The highest BCUT2D eigenvalue weighted by Gasteiger charge is 2.21. The second-order valence-corrected chi connectivity index (χ2v) is 3.73. The lowest BCUT2D eigenvalue weighted by Crippen LogP contribution is -2.04. The number of hydrogen-bond donors (Lipinski definition) is 0. The zero-order valence-corrected chi connectivity index (χ0v) is 8.82. The molecule has 0 radical (unpaired) electrons. The molecule has 1 fully saturated rings. The van der Waals surface area contributed by atoms with Crippen LogP contribution in [0.15, 0.2) is 30.8 Å². The van der Waals surface area contributed by atoms with Crippen molar-refractivity contribution in [1.29, 1.82) is 0 Å². The van der Waals surface area contributed by atoms with Gasteiger partial charge >= 0.3 is 0 Å². The Balaban J connectivity index is 1.73. The van der Waals surface area contributed by atoms with E-state index in [0.29, 0.717) is 6.10 Å². The maximum absolute atomic E-state index is 5.48. The van der Waals surface area contributed by atoms with Crippen LogP contribution in [0.2, 0.25) is 0 Å². The molecule has 0 saturated carbocycles. The Bertz CT molecular complexity index is 329. The van der Waals surface area contributed by atoms with E-state index in [0.717, 1.165) is 31.8 Å². The third-order valence-electron chi connectivity index (χ3n) is 2.43. The molecule has 1 heterocycles. The molecular formula is C13H16O2. The summed E-state index contributed by atoms with van der Waals surface area (Å²) in [6.07, 6.45) is 3.18. The topological polar surface area (TPSA) is 21.8 Å². The molecule has 0 bridgehead atoms. The minimum atomic E-state index is 0.365. The van der Waals surface area contributed by atoms with Crippen molar-refractivity contribution in [3.8, 4) is 0 Å². The van der Waals surface area contributed by atoms with Gasteiger partial charge in [-0.05, 0) is 17.5 Å². The maximum Gasteiger partial charge on any atom is 0.104 e. The molecule has 2 rings (SSSR count). The molecule has 0 N–H and O–H groups in total. The van der Waals surface area contributed by atoms with E-state index in [9.17, 15) is 0 Å². The van der Waals surface area contributed by atoms with Crippen molar-refractivity contribution in [2.75, 3.05) is 19.8 Å². The first kappa shape index (κ1) is 10.4. The first-order chi connectivity index (χ1) is 7.38. The molecule has 2 nitrogen and oxygen atoms in total. The second-order valence-electron chi connectivity index (χ2n) is 3.73. The number of epoxide rings is 1. The Kier molecular flexibility index (Phi) is 3.54. The van der Waals surface area contributed by atoms with Crippen LogP contribution in [0.5, 0.6) is 0 Å². The number of benzene rings is 1. The molecule has 15 heavy (non-hydrogen) atoms. The molecule has 1 aliphatic heterocycles. The molecule has 1 aliphatic rings. The zero-order valence-electron chi connectivity index (χ0n) is 8.82. The van der Waals surface area contributed by atoms with Gasteiger partial charge in [0.25, 0.3) is 0 Å². The van der Waals surface area contributed by atoms with Crippen LogP contribution in [0, 0.1) is 0 Å². The van der Waals surface area contributed by atoms with Crippen LogP contribution in [-0.4, -0.2) is 25.9 Å². The molecule has 1 aromatic rings. The van der Waals surface area contributed by atoms with Gasteiger partial charge in [-0.2, -0.15) is 0 Å². The Labute approximate surface area is 90.5 Å². The van der Waals surface area contributed by atoms with Crippen molar-refractivity contribution in [2.24, 2.45) is 0 Å². The normalized spacial score (nSPS) is 18.8. The third-order valence-corrected chi connectivity index (χ3v) is 2.43. The summed E-state index contributed by atoms with van der Waals surface area (Å²) in [5, 5.41) is 0. The van der Waals surface area contributed by atoms with E-state index in [2.05, 4.69) is 30.8 Å². The first-order valence-electron chi connectivity index (χ1n) is 5.29. The lowest BCUT2D eigenvalue weighted by molar-refractivity contribution is 0.119. The van der Waals surface area contributed by atoms with E-state index >= 15 is 0 Å². The average molecular weight is 204 g/mol. The highest BCUT2D eigenvalue weighted by molar-refractivity contribution is 5.47. The average Bonchev–Trinajstić information content (AvgIpc) is 3.09. The molecule has 1 aromatic carbocycles. The lowest BCUT2D eigenvalue weighted by Gasteiger charge is -2.03. The van der Waals surface area contributed by atoms with Gasteiger partial charge in [0.15, 0.2) is 0 Å². The summed E-state index contributed by atoms with van der Waals surface area (Å²) in [7, 11) is 0. The Morgan fingerprint density at radius 3 is 3.13 bits per heavy atom. The maximum atomic E-state index is 5.48. The summed E-state index contributed by atoms with van der Waals surface area (Å²) in [6, 6.07) is 8.36. The van der Waals surface area contributed by atoms with Crippen molar-refractivity contribution in [3.63, 3.8) is 0 Å². The fourth-order valence-corrected chi connectivity index (χ4v) is 1.44. The highest BCUT2D eigenvalue weighted by atomic mass is 16.6. The fourth-order valence-electron chi connectivity index (χ4n) is 1.44. The number of rotatable bonds is 6. The van der Waals surface area contributed by atoms with Crippen LogP contribution in [0.25, 0.3) is 6.08 Å². The predicted octanol–water partition coefficient (Wildman–Crippen LogP) is 2.29. The number of hydrogen-bond acceptors (Lipinski definition) is 2. The van der Waals surface area contributed by atoms with E-state index < -0.39 is 0 Å². The summed E-state index contributed by atoms with van der Waals surface area (Å²) in [5.74, 6) is 0. The lowest BCUT2D eigenvalue weighted by atomic mass is 10.1. The van der Waals surface area contributed by atoms with Gasteiger partial charge in [0, 0.05) is 0 Å². The van der Waals surface area contributed by atoms with Gasteiger partial charge in [0.05, 0.1) is 19.8 Å². The van der Waals surface area contributed by atoms with Gasteiger partial charge in [-0.1, -0.05) is 36.9 Å². The van der Waals surface area contributed by atoms with Crippen molar-refractivity contribution in [1.82, 2.24) is 0 Å². The molecule has 1 unspecified atom stereocenters. The van der Waals surface area contributed by atoms with Crippen LogP contribution in [0.3, 0.4) is 0 Å². The van der Waals surface area contributed by atoms with Crippen molar-refractivity contribution >= 4 is 6.08 Å². The molecule has 80 valence electrons. The Morgan fingerprint density at radius 1 is 1.53 bits per heavy atom. The molecule has 0 aromatic heterocycles. The minimum absolute atomic E-state index is 0.365. The zero-order chi connectivity index (χ0) is 10.5. The SMILES string of the molecule is C=Cc1cccc(CCOCC2CO2)c1. The Hall–Kier alpha value is -1.12. The van der Waals surface area contributed by atoms with Gasteiger partial charge in [-0.25, -0.2) is 0 Å². The van der Waals surface area contributed by atoms with Crippen molar-refractivity contribution in [2.45, 2.75) is 12.5 Å². The summed E-state index contributed by atoms with van der Waals surface area (Å²) >= 11 is 0. The minimum Gasteiger partial charge on any atom is -0.378 e. The third kappa shape index (κ3) is 3.50. The standard InChI is InChI=1S/C13H16O2/c1-2-11-4-3-5-12(8-11)6-7-14-9-13-10-15-13/h2-5,8,13H,1,6-7,9-10H2. The summed E-state index contributed by atoms with van der Waals surface area (Å²) in [6.45, 7) is 6.12. The van der Waals surface area contributed by atoms with Crippen molar-refractivity contribution in [3.05, 3.63) is 42.0 Å². The van der Waals surface area contributed by atoms with E-state index in [1.807, 2.05) is 6.08 Å². The molecule has 1 saturated heterocycles. The Morgan fingerprint density at radius 2 is 2.40 bits per heavy atom. The van der Waals surface area contributed by atoms with Gasteiger partial charge in [0.1, 0.15) is 6.10 Å². The van der Waals surface area contributed by atoms with Gasteiger partial charge < -0.3 is 9.47 Å². The number of ether oxygens (including phenoxy) is 2. The van der Waals surface area contributed by atoms with Crippen LogP contribution in [0.1, 0.15) is 11.1 Å². The monoisotopic (exact) mass is 204 g/mol. The highest BCUT2D eigenvalue weighted by Crippen LogP contribution is 2.10. The van der Waals surface area contributed by atoms with E-state index in [1.165, 1.54) is 5.56 Å². The molecule has 1 atom stereocenters. The van der Waals surface area contributed by atoms with Crippen LogP contribution < -0.4 is 0 Å². The largest absolute Gasteiger partial charge is 0.378 e. The molecule has 0 spiro atoms. The van der Waals surface area contributed by atoms with E-state index in [4.69, 9.17) is 9.47 Å². The van der Waals surface area contributed by atoms with Crippen molar-refractivity contribution < 1.29 is 9.47 Å². The van der Waals surface area contributed by atoms with Gasteiger partial charge in [-0.15, -0.1) is 0 Å². The summed E-state index contributed by atoms with van der Waals surface area (Å²) in [4.78, 5) is 0. The van der Waals surface area contributed by atoms with Gasteiger partial charge in [0.2, 0.25) is 0 Å². The van der Waals surface area contributed by atoms with Crippen LogP contribution >= 0.6 is 0 Å². The second kappa shape index (κ2) is 5.10. The molecular weight excluding hydrogens is 188 g/mol. The van der Waals surface area contributed by atoms with E-state index in [-0.39, 0.29) is 0 Å². The smallest absolute Gasteiger partial charge is 0.104 e. The molecule has 0 aliphatic carbocycles. The van der Waals surface area contributed by atoms with Gasteiger partial charge in [-0.3, -0.25) is 0 Å². The van der Waals surface area contributed by atoms with E-state index in [1.54, 1.807) is 0 Å². The fraction of sp³-hybridized carbons (Fsp3) is 0.385. The summed E-state index contributed by atoms with van der Waals surface area (Å²) < 4.78 is 10.5. The molecule has 0 amide bonds. The summed E-state index contributed by atoms with van der Waals surface area (Å²) in [5.41, 5.74) is 2.46. The van der Waals surface area contributed by atoms with Crippen LogP contribution in [0.4, 0.5) is 0 Å². The van der Waals surface area contributed by atoms with Crippen LogP contribution in [-0.2, 0) is 15.9 Å². The first-order valence-corrected chi connectivity index (χ1v) is 5.29. The quantitative estimate of drug-likeness (QED) is 0.524. The molecule has 2 heteroatoms.